The first kappa shape index (κ1) is 33.8. The molecule has 0 unspecified atom stereocenters. The highest BCUT2D eigenvalue weighted by molar-refractivity contribution is 9.10. The Kier molecular flexibility index (Phi) is 10.6. The number of benzene rings is 2. The summed E-state index contributed by atoms with van der Waals surface area (Å²) in [6.07, 6.45) is 14.9. The first-order valence-corrected chi connectivity index (χ1v) is 21.7. The maximum absolute atomic E-state index is 11.7. The standard InChI is InChI=1S/C36H47BrO4Si2/c1-7-42(8-2,9-3)40-35(30-15-13-29(14-16-30)34(39)23-21-33(38)22-24-34)25-27-36(28-26-35,31-17-19-32(37)20-18-31)41-43(10-4,11-5)12-6/h13-28,39H,7-12H2,1-6H3. The summed E-state index contributed by atoms with van der Waals surface area (Å²) in [6, 6.07) is 22.7. The smallest absolute Gasteiger partial charge is 0.194 e. The van der Waals surface area contributed by atoms with Gasteiger partial charge in [0.15, 0.2) is 22.4 Å². The Morgan fingerprint density at radius 1 is 0.581 bits per heavy atom. The maximum Gasteiger partial charge on any atom is 0.194 e. The van der Waals surface area contributed by atoms with Crippen LogP contribution in [0.1, 0.15) is 58.2 Å². The van der Waals surface area contributed by atoms with Crippen LogP contribution in [0.2, 0.25) is 36.3 Å². The summed E-state index contributed by atoms with van der Waals surface area (Å²) < 4.78 is 15.7. The molecule has 0 atom stereocenters. The zero-order valence-corrected chi connectivity index (χ0v) is 30.1. The monoisotopic (exact) mass is 678 g/mol. The molecule has 4 rings (SSSR count). The molecule has 0 aromatic heterocycles. The SMILES string of the molecule is CC[Si](CC)(CC)OC1(c2ccc(Br)cc2)C=CC(O[Si](CC)(CC)CC)(c2ccc(C3(O)C=CC(=O)C=C3)cc2)C=C1. The van der Waals surface area contributed by atoms with Crippen molar-refractivity contribution < 1.29 is 18.8 Å². The van der Waals surface area contributed by atoms with E-state index < -0.39 is 33.4 Å². The molecule has 0 amide bonds. The van der Waals surface area contributed by atoms with E-state index in [2.05, 4.69) is 118 Å². The van der Waals surface area contributed by atoms with Crippen LogP contribution in [0.15, 0.2) is 102 Å². The van der Waals surface area contributed by atoms with E-state index in [1.165, 1.54) is 12.2 Å². The minimum Gasteiger partial charge on any atom is -0.401 e. The normalized spacial score (nSPS) is 23.2. The Labute approximate surface area is 269 Å². The van der Waals surface area contributed by atoms with Crippen LogP contribution in [0.25, 0.3) is 0 Å². The first-order valence-electron chi connectivity index (χ1n) is 15.8. The number of halogens is 1. The van der Waals surface area contributed by atoms with Crippen LogP contribution >= 0.6 is 15.9 Å². The second-order valence-corrected chi connectivity index (χ2v) is 22.2. The van der Waals surface area contributed by atoms with Gasteiger partial charge in [-0.3, -0.25) is 4.79 Å². The van der Waals surface area contributed by atoms with Crippen molar-refractivity contribution >= 4 is 38.3 Å². The van der Waals surface area contributed by atoms with Crippen molar-refractivity contribution in [1.82, 2.24) is 0 Å². The molecular weight excluding hydrogens is 632 g/mol. The number of allylic oxidation sites excluding steroid dienone is 2. The highest BCUT2D eigenvalue weighted by atomic mass is 79.9. The molecule has 0 fully saturated rings. The van der Waals surface area contributed by atoms with Crippen LogP contribution in [-0.4, -0.2) is 27.5 Å². The van der Waals surface area contributed by atoms with Crippen LogP contribution in [0, 0.1) is 0 Å². The molecule has 0 radical (unpaired) electrons. The maximum atomic E-state index is 11.7. The Morgan fingerprint density at radius 2 is 0.907 bits per heavy atom. The lowest BCUT2D eigenvalue weighted by Gasteiger charge is -2.46. The Balaban J connectivity index is 1.84. The van der Waals surface area contributed by atoms with Gasteiger partial charge in [0.05, 0.1) is 0 Å². The van der Waals surface area contributed by atoms with E-state index in [0.29, 0.717) is 5.56 Å². The van der Waals surface area contributed by atoms with Gasteiger partial charge in [-0.25, -0.2) is 0 Å². The van der Waals surface area contributed by atoms with Gasteiger partial charge in [-0.1, -0.05) is 93.9 Å². The van der Waals surface area contributed by atoms with Crippen molar-refractivity contribution in [3.8, 4) is 0 Å². The number of hydrogen-bond donors (Lipinski definition) is 1. The second kappa shape index (κ2) is 13.5. The van der Waals surface area contributed by atoms with Crippen molar-refractivity contribution in [2.24, 2.45) is 0 Å². The topological polar surface area (TPSA) is 55.8 Å². The number of carbonyl (C=O) groups is 1. The Hall–Kier alpha value is -2.14. The number of carbonyl (C=O) groups excluding carboxylic acids is 1. The molecule has 230 valence electrons. The van der Waals surface area contributed by atoms with Crippen LogP contribution in [0.5, 0.6) is 0 Å². The number of rotatable bonds is 13. The lowest BCUT2D eigenvalue weighted by Crippen LogP contribution is -2.48. The zero-order valence-electron chi connectivity index (χ0n) is 26.5. The largest absolute Gasteiger partial charge is 0.401 e. The minimum atomic E-state index is -2.08. The first-order chi connectivity index (χ1) is 20.5. The summed E-state index contributed by atoms with van der Waals surface area (Å²) >= 11 is 3.61. The average molecular weight is 680 g/mol. The highest BCUT2D eigenvalue weighted by Gasteiger charge is 2.46. The predicted octanol–water partition coefficient (Wildman–Crippen LogP) is 9.59. The fraction of sp³-hybridized carbons (Fsp3) is 0.417. The third-order valence-corrected chi connectivity index (χ3v) is 19.7. The molecule has 2 aliphatic rings. The molecule has 0 saturated heterocycles. The van der Waals surface area contributed by atoms with E-state index in [1.807, 2.05) is 12.1 Å². The van der Waals surface area contributed by atoms with Crippen molar-refractivity contribution in [3.05, 3.63) is 118 Å². The lowest BCUT2D eigenvalue weighted by atomic mass is 9.81. The summed E-state index contributed by atoms with van der Waals surface area (Å²) in [4.78, 5) is 11.7. The molecule has 0 heterocycles. The van der Waals surface area contributed by atoms with Gasteiger partial charge in [0.2, 0.25) is 0 Å². The van der Waals surface area contributed by atoms with Crippen molar-refractivity contribution in [1.29, 1.82) is 0 Å². The van der Waals surface area contributed by atoms with Crippen molar-refractivity contribution in [3.63, 3.8) is 0 Å². The van der Waals surface area contributed by atoms with E-state index in [0.717, 1.165) is 51.9 Å². The van der Waals surface area contributed by atoms with Crippen LogP contribution < -0.4 is 0 Å². The number of aliphatic hydroxyl groups is 1. The minimum absolute atomic E-state index is 0.121. The quantitative estimate of drug-likeness (QED) is 0.169. The number of hydrogen-bond acceptors (Lipinski definition) is 4. The predicted molar refractivity (Wildman–Crippen MR) is 186 cm³/mol. The lowest BCUT2D eigenvalue weighted by molar-refractivity contribution is -0.110. The summed E-state index contributed by atoms with van der Waals surface area (Å²) in [5.74, 6) is -0.121. The summed E-state index contributed by atoms with van der Waals surface area (Å²) in [5, 5.41) is 11.2. The fourth-order valence-corrected chi connectivity index (χ4v) is 12.4. The molecule has 2 aliphatic carbocycles. The van der Waals surface area contributed by atoms with E-state index in [-0.39, 0.29) is 5.78 Å². The van der Waals surface area contributed by atoms with Gasteiger partial charge >= 0.3 is 0 Å². The van der Waals surface area contributed by atoms with Crippen LogP contribution in [0.4, 0.5) is 0 Å². The molecule has 0 saturated carbocycles. The van der Waals surface area contributed by atoms with E-state index in [9.17, 15) is 9.90 Å². The van der Waals surface area contributed by atoms with Gasteiger partial charge in [0.25, 0.3) is 0 Å². The van der Waals surface area contributed by atoms with Gasteiger partial charge in [0.1, 0.15) is 16.8 Å². The molecule has 0 aliphatic heterocycles. The van der Waals surface area contributed by atoms with Gasteiger partial charge in [-0.2, -0.15) is 0 Å². The molecular formula is C36H47BrO4Si2. The summed E-state index contributed by atoms with van der Waals surface area (Å²) in [7, 11) is -4.10. The second-order valence-electron chi connectivity index (χ2n) is 11.9. The molecule has 1 N–H and O–H groups in total. The van der Waals surface area contributed by atoms with Gasteiger partial charge < -0.3 is 14.0 Å². The van der Waals surface area contributed by atoms with E-state index >= 15 is 0 Å². The van der Waals surface area contributed by atoms with Gasteiger partial charge in [-0.15, -0.1) is 0 Å². The van der Waals surface area contributed by atoms with E-state index in [1.54, 1.807) is 12.2 Å². The molecule has 4 nitrogen and oxygen atoms in total. The summed E-state index contributed by atoms with van der Waals surface area (Å²) in [6.45, 7) is 13.6. The molecule has 0 bridgehead atoms. The molecule has 0 spiro atoms. The average Bonchev–Trinajstić information content (AvgIpc) is 3.05. The van der Waals surface area contributed by atoms with Crippen LogP contribution in [-0.2, 0) is 30.4 Å². The fourth-order valence-electron chi connectivity index (χ4n) is 6.32. The van der Waals surface area contributed by atoms with Crippen LogP contribution in [0.3, 0.4) is 0 Å². The third-order valence-electron chi connectivity index (χ3n) is 9.89. The Bertz CT molecular complexity index is 1340. The van der Waals surface area contributed by atoms with Gasteiger partial charge in [0, 0.05) is 4.47 Å². The molecule has 2 aromatic carbocycles. The number of ketones is 1. The van der Waals surface area contributed by atoms with Crippen molar-refractivity contribution in [2.45, 2.75) is 94.6 Å². The summed E-state index contributed by atoms with van der Waals surface area (Å²) in [5.41, 5.74) is 0.0616. The van der Waals surface area contributed by atoms with Gasteiger partial charge in [-0.05, 0) is 114 Å². The zero-order chi connectivity index (χ0) is 31.4. The van der Waals surface area contributed by atoms with Crippen molar-refractivity contribution in [2.75, 3.05) is 0 Å². The molecule has 2 aromatic rings. The molecule has 43 heavy (non-hydrogen) atoms. The molecule has 7 heteroatoms. The Morgan fingerprint density at radius 3 is 1.26 bits per heavy atom. The third kappa shape index (κ3) is 6.77. The van der Waals surface area contributed by atoms with E-state index in [4.69, 9.17) is 8.85 Å². The highest BCUT2D eigenvalue weighted by Crippen LogP contribution is 2.46.